The number of hydrogen-bond acceptors (Lipinski definition) is 6. The SMILES string of the molecule is CCOc1cccc(-c2noc(-c3cc4n(n3)C[C@@H](c3ccc(F)cc3)OC4)n2)c1. The van der Waals surface area contributed by atoms with Gasteiger partial charge >= 0.3 is 0 Å². The molecule has 1 aliphatic rings. The van der Waals surface area contributed by atoms with Crippen molar-refractivity contribution >= 4 is 0 Å². The number of halogens is 1. The van der Waals surface area contributed by atoms with Crippen LogP contribution in [-0.2, 0) is 17.9 Å². The Kier molecular flexibility index (Phi) is 4.76. The van der Waals surface area contributed by atoms with Crippen LogP contribution in [0.4, 0.5) is 4.39 Å². The van der Waals surface area contributed by atoms with Crippen molar-refractivity contribution in [3.05, 3.63) is 71.7 Å². The van der Waals surface area contributed by atoms with Crippen LogP contribution in [0.5, 0.6) is 5.75 Å². The maximum Gasteiger partial charge on any atom is 0.278 e. The van der Waals surface area contributed by atoms with Crippen molar-refractivity contribution < 1.29 is 18.4 Å². The van der Waals surface area contributed by atoms with Crippen LogP contribution in [-0.4, -0.2) is 26.5 Å². The third kappa shape index (κ3) is 3.57. The summed E-state index contributed by atoms with van der Waals surface area (Å²) >= 11 is 0. The molecule has 0 aliphatic carbocycles. The molecule has 0 radical (unpaired) electrons. The maximum absolute atomic E-state index is 13.2. The summed E-state index contributed by atoms with van der Waals surface area (Å²) in [5.41, 5.74) is 3.22. The van der Waals surface area contributed by atoms with E-state index in [1.165, 1.54) is 12.1 Å². The zero-order chi connectivity index (χ0) is 20.5. The molecule has 0 saturated carbocycles. The summed E-state index contributed by atoms with van der Waals surface area (Å²) in [5.74, 6) is 1.29. The Balaban J connectivity index is 1.37. The van der Waals surface area contributed by atoms with Crippen LogP contribution in [0.3, 0.4) is 0 Å². The molecule has 0 N–H and O–H groups in total. The molecule has 0 fully saturated rings. The van der Waals surface area contributed by atoms with Crippen molar-refractivity contribution in [2.24, 2.45) is 0 Å². The van der Waals surface area contributed by atoms with Crippen molar-refractivity contribution in [2.45, 2.75) is 26.2 Å². The Morgan fingerprint density at radius 3 is 2.87 bits per heavy atom. The van der Waals surface area contributed by atoms with Crippen LogP contribution in [0.2, 0.25) is 0 Å². The molecule has 30 heavy (non-hydrogen) atoms. The van der Waals surface area contributed by atoms with Gasteiger partial charge in [-0.05, 0) is 42.8 Å². The number of rotatable bonds is 5. The second-order valence-corrected chi connectivity index (χ2v) is 6.94. The normalized spacial score (nSPS) is 15.7. The lowest BCUT2D eigenvalue weighted by atomic mass is 10.1. The van der Waals surface area contributed by atoms with E-state index in [9.17, 15) is 4.39 Å². The molecular formula is C22H19FN4O3. The first kappa shape index (κ1) is 18.5. The average molecular weight is 406 g/mol. The molecule has 3 heterocycles. The first-order chi connectivity index (χ1) is 14.7. The first-order valence-electron chi connectivity index (χ1n) is 9.70. The monoisotopic (exact) mass is 406 g/mol. The number of aromatic nitrogens is 4. The van der Waals surface area contributed by atoms with Gasteiger partial charge in [-0.15, -0.1) is 0 Å². The van der Waals surface area contributed by atoms with Crippen LogP contribution in [0, 0.1) is 5.82 Å². The van der Waals surface area contributed by atoms with Gasteiger partial charge in [0.25, 0.3) is 5.89 Å². The van der Waals surface area contributed by atoms with Gasteiger partial charge in [-0.25, -0.2) is 4.39 Å². The van der Waals surface area contributed by atoms with Gasteiger partial charge in [0, 0.05) is 5.56 Å². The largest absolute Gasteiger partial charge is 0.494 e. The summed E-state index contributed by atoms with van der Waals surface area (Å²) in [4.78, 5) is 4.49. The third-order valence-electron chi connectivity index (χ3n) is 4.92. The van der Waals surface area contributed by atoms with E-state index < -0.39 is 0 Å². The van der Waals surface area contributed by atoms with Crippen molar-refractivity contribution in [2.75, 3.05) is 6.61 Å². The fourth-order valence-corrected chi connectivity index (χ4v) is 3.45. The van der Waals surface area contributed by atoms with Crippen LogP contribution >= 0.6 is 0 Å². The molecule has 8 heteroatoms. The topological polar surface area (TPSA) is 75.2 Å². The Morgan fingerprint density at radius 1 is 1.17 bits per heavy atom. The van der Waals surface area contributed by atoms with E-state index in [1.54, 1.807) is 12.1 Å². The van der Waals surface area contributed by atoms with E-state index in [-0.39, 0.29) is 11.9 Å². The summed E-state index contributed by atoms with van der Waals surface area (Å²) < 4.78 is 32.0. The van der Waals surface area contributed by atoms with Gasteiger partial charge < -0.3 is 14.0 Å². The Labute approximate surface area is 172 Å². The molecule has 4 aromatic rings. The van der Waals surface area contributed by atoms with Crippen LogP contribution < -0.4 is 4.74 Å². The highest BCUT2D eigenvalue weighted by Gasteiger charge is 2.24. The van der Waals surface area contributed by atoms with E-state index in [1.807, 2.05) is 41.9 Å². The standard InChI is InChI=1S/C22H19FN4O3/c1-2-28-18-5-3-4-15(10-18)21-24-22(30-26-21)19-11-17-13-29-20(12-27(17)25-19)14-6-8-16(23)9-7-14/h3-11,20H,2,12-13H2,1H3/t20-/m0/s1. The summed E-state index contributed by atoms with van der Waals surface area (Å²) in [5, 5.41) is 8.69. The minimum atomic E-state index is -0.268. The van der Waals surface area contributed by atoms with Gasteiger partial charge in [0.1, 0.15) is 17.7 Å². The molecule has 0 bridgehead atoms. The second-order valence-electron chi connectivity index (χ2n) is 6.94. The summed E-state index contributed by atoms with van der Waals surface area (Å²) in [6.45, 7) is 3.44. The molecular weight excluding hydrogens is 387 g/mol. The molecule has 5 rings (SSSR count). The van der Waals surface area contributed by atoms with Gasteiger partial charge in [-0.2, -0.15) is 10.1 Å². The van der Waals surface area contributed by atoms with Crippen LogP contribution in [0.15, 0.2) is 59.1 Å². The molecule has 0 saturated heterocycles. The lowest BCUT2D eigenvalue weighted by molar-refractivity contribution is -0.00116. The molecule has 0 spiro atoms. The van der Waals surface area contributed by atoms with E-state index in [0.717, 1.165) is 22.6 Å². The van der Waals surface area contributed by atoms with Crippen molar-refractivity contribution in [3.8, 4) is 28.7 Å². The minimum Gasteiger partial charge on any atom is -0.494 e. The summed E-state index contributed by atoms with van der Waals surface area (Å²) in [7, 11) is 0. The third-order valence-corrected chi connectivity index (χ3v) is 4.92. The predicted molar refractivity (Wildman–Crippen MR) is 106 cm³/mol. The zero-order valence-corrected chi connectivity index (χ0v) is 16.3. The quantitative estimate of drug-likeness (QED) is 0.489. The van der Waals surface area contributed by atoms with E-state index in [0.29, 0.717) is 37.2 Å². The summed E-state index contributed by atoms with van der Waals surface area (Å²) in [6.07, 6.45) is -0.189. The number of hydrogen-bond donors (Lipinski definition) is 0. The van der Waals surface area contributed by atoms with Crippen LogP contribution in [0.1, 0.15) is 24.3 Å². The predicted octanol–water partition coefficient (Wildman–Crippen LogP) is 4.41. The molecule has 152 valence electrons. The maximum atomic E-state index is 13.2. The average Bonchev–Trinajstić information content (AvgIpc) is 3.41. The highest BCUT2D eigenvalue weighted by Crippen LogP contribution is 2.30. The van der Waals surface area contributed by atoms with Crippen molar-refractivity contribution in [1.82, 2.24) is 19.9 Å². The van der Waals surface area contributed by atoms with Gasteiger partial charge in [0.2, 0.25) is 5.82 Å². The fraction of sp³-hybridized carbons (Fsp3) is 0.227. The molecule has 0 unspecified atom stereocenters. The molecule has 0 amide bonds. The van der Waals surface area contributed by atoms with Crippen molar-refractivity contribution in [1.29, 1.82) is 0 Å². The second kappa shape index (κ2) is 7.72. The Bertz CT molecular complexity index is 1170. The fourth-order valence-electron chi connectivity index (χ4n) is 3.45. The number of nitrogens with zero attached hydrogens (tertiary/aromatic N) is 4. The minimum absolute atomic E-state index is 0.189. The van der Waals surface area contributed by atoms with E-state index in [4.69, 9.17) is 14.0 Å². The van der Waals surface area contributed by atoms with Gasteiger partial charge in [-0.1, -0.05) is 29.4 Å². The van der Waals surface area contributed by atoms with Gasteiger partial charge in [0.05, 0.1) is 25.5 Å². The molecule has 1 atom stereocenters. The molecule has 2 aromatic heterocycles. The number of ether oxygens (including phenoxy) is 2. The van der Waals surface area contributed by atoms with E-state index in [2.05, 4.69) is 15.2 Å². The Morgan fingerprint density at radius 2 is 2.03 bits per heavy atom. The molecule has 7 nitrogen and oxygen atoms in total. The summed E-state index contributed by atoms with van der Waals surface area (Å²) in [6, 6.07) is 15.8. The lowest BCUT2D eigenvalue weighted by Gasteiger charge is -2.24. The highest BCUT2D eigenvalue weighted by molar-refractivity contribution is 5.59. The van der Waals surface area contributed by atoms with Crippen LogP contribution in [0.25, 0.3) is 23.0 Å². The number of fused-ring (bicyclic) bond motifs is 1. The van der Waals surface area contributed by atoms with Gasteiger partial charge in [-0.3, -0.25) is 4.68 Å². The Hall–Kier alpha value is -3.52. The number of benzene rings is 2. The van der Waals surface area contributed by atoms with Crippen molar-refractivity contribution in [3.63, 3.8) is 0 Å². The van der Waals surface area contributed by atoms with E-state index >= 15 is 0 Å². The first-order valence-corrected chi connectivity index (χ1v) is 9.70. The zero-order valence-electron chi connectivity index (χ0n) is 16.3. The molecule has 2 aromatic carbocycles. The van der Waals surface area contributed by atoms with Gasteiger partial charge in [0.15, 0.2) is 5.69 Å². The lowest BCUT2D eigenvalue weighted by Crippen LogP contribution is -2.21. The highest BCUT2D eigenvalue weighted by atomic mass is 19.1. The smallest absolute Gasteiger partial charge is 0.278 e. The molecule has 1 aliphatic heterocycles.